The van der Waals surface area contributed by atoms with Crippen molar-refractivity contribution in [1.82, 2.24) is 4.31 Å². The lowest BCUT2D eigenvalue weighted by atomic mass is 10.4. The summed E-state index contributed by atoms with van der Waals surface area (Å²) in [4.78, 5) is 11.8. The molecule has 1 aromatic heterocycles. The van der Waals surface area contributed by atoms with Gasteiger partial charge in [-0.3, -0.25) is 4.79 Å². The van der Waals surface area contributed by atoms with Gasteiger partial charge in [-0.25, -0.2) is 8.42 Å². The summed E-state index contributed by atoms with van der Waals surface area (Å²) >= 11 is 4.70. The Labute approximate surface area is 141 Å². The molecule has 118 valence electrons. The fourth-order valence-electron chi connectivity index (χ4n) is 1.84. The largest absolute Gasteiger partial charge is 0.481 e. The van der Waals surface area contributed by atoms with Gasteiger partial charge in [0.25, 0.3) is 0 Å². The predicted molar refractivity (Wildman–Crippen MR) is 88.3 cm³/mol. The number of aliphatic carboxylic acids is 1. The third-order valence-electron chi connectivity index (χ3n) is 2.94. The molecule has 0 saturated heterocycles. The smallest absolute Gasteiger partial charge is 0.304 e. The Hall–Kier alpha value is -1.22. The molecular formula is C14H14BrNO4S2. The Morgan fingerprint density at radius 2 is 1.91 bits per heavy atom. The topological polar surface area (TPSA) is 74.7 Å². The van der Waals surface area contributed by atoms with Crippen molar-refractivity contribution in [2.24, 2.45) is 0 Å². The maximum Gasteiger partial charge on any atom is 0.304 e. The van der Waals surface area contributed by atoms with Crippen molar-refractivity contribution < 1.29 is 18.3 Å². The van der Waals surface area contributed by atoms with E-state index >= 15 is 0 Å². The molecule has 0 unspecified atom stereocenters. The van der Waals surface area contributed by atoms with Crippen LogP contribution in [-0.4, -0.2) is 30.3 Å². The van der Waals surface area contributed by atoms with E-state index in [0.29, 0.717) is 0 Å². The molecule has 0 saturated carbocycles. The number of carboxylic acids is 1. The molecule has 0 atom stereocenters. The van der Waals surface area contributed by atoms with Gasteiger partial charge in [-0.2, -0.15) is 4.31 Å². The Bertz CT molecular complexity index is 727. The fraction of sp³-hybridized carbons (Fsp3) is 0.214. The first kappa shape index (κ1) is 17.1. The zero-order valence-corrected chi connectivity index (χ0v) is 14.7. The minimum absolute atomic E-state index is 0.0639. The van der Waals surface area contributed by atoms with Crippen LogP contribution >= 0.6 is 27.3 Å². The molecule has 0 bridgehead atoms. The van der Waals surface area contributed by atoms with Crippen molar-refractivity contribution in [3.63, 3.8) is 0 Å². The summed E-state index contributed by atoms with van der Waals surface area (Å²) in [5.74, 6) is -1.03. The normalized spacial score (nSPS) is 11.7. The van der Waals surface area contributed by atoms with Crippen LogP contribution in [0, 0.1) is 0 Å². The Morgan fingerprint density at radius 3 is 2.45 bits per heavy atom. The molecule has 1 N–H and O–H groups in total. The zero-order chi connectivity index (χ0) is 16.2. The van der Waals surface area contributed by atoms with Crippen LogP contribution in [-0.2, 0) is 21.4 Å². The summed E-state index contributed by atoms with van der Waals surface area (Å²) in [7, 11) is -3.73. The predicted octanol–water partition coefficient (Wildman–Crippen LogP) is 3.18. The molecule has 0 fully saturated rings. The highest BCUT2D eigenvalue weighted by Crippen LogP contribution is 2.22. The number of halogens is 1. The zero-order valence-electron chi connectivity index (χ0n) is 11.5. The van der Waals surface area contributed by atoms with Crippen molar-refractivity contribution in [3.8, 4) is 0 Å². The first-order valence-electron chi connectivity index (χ1n) is 6.39. The van der Waals surface area contributed by atoms with Crippen LogP contribution in [0.3, 0.4) is 0 Å². The minimum atomic E-state index is -3.73. The second kappa shape index (κ2) is 7.36. The molecule has 1 heterocycles. The maximum atomic E-state index is 12.7. The molecule has 2 rings (SSSR count). The molecule has 0 radical (unpaired) electrons. The van der Waals surface area contributed by atoms with Gasteiger partial charge >= 0.3 is 5.97 Å². The number of carbonyl (C=O) groups is 1. The van der Waals surface area contributed by atoms with Gasteiger partial charge in [0.2, 0.25) is 10.0 Å². The summed E-state index contributed by atoms with van der Waals surface area (Å²) in [6.45, 7) is 0.106. The van der Waals surface area contributed by atoms with E-state index in [1.54, 1.807) is 12.1 Å². The van der Waals surface area contributed by atoms with Crippen LogP contribution in [0.2, 0.25) is 0 Å². The van der Waals surface area contributed by atoms with E-state index in [9.17, 15) is 13.2 Å². The van der Waals surface area contributed by atoms with Gasteiger partial charge in [-0.05, 0) is 35.7 Å². The average Bonchev–Trinajstić information content (AvgIpc) is 2.96. The first-order chi connectivity index (χ1) is 10.4. The van der Waals surface area contributed by atoms with Crippen molar-refractivity contribution >= 4 is 43.3 Å². The van der Waals surface area contributed by atoms with E-state index in [4.69, 9.17) is 5.11 Å². The van der Waals surface area contributed by atoms with Crippen molar-refractivity contribution in [1.29, 1.82) is 0 Å². The molecule has 0 spiro atoms. The van der Waals surface area contributed by atoms with Gasteiger partial charge in [0.1, 0.15) is 0 Å². The fourth-order valence-corrected chi connectivity index (χ4v) is 4.32. The number of hydrogen-bond donors (Lipinski definition) is 1. The highest BCUT2D eigenvalue weighted by molar-refractivity contribution is 9.10. The third-order valence-corrected chi connectivity index (χ3v) is 6.19. The summed E-state index contributed by atoms with van der Waals surface area (Å²) in [5.41, 5.74) is 0. The molecule has 1 aromatic carbocycles. The maximum absolute atomic E-state index is 12.7. The quantitative estimate of drug-likeness (QED) is 0.769. The van der Waals surface area contributed by atoms with E-state index in [1.807, 2.05) is 17.5 Å². The molecule has 8 heteroatoms. The van der Waals surface area contributed by atoms with Gasteiger partial charge in [0.05, 0.1) is 11.3 Å². The van der Waals surface area contributed by atoms with Gasteiger partial charge in [0, 0.05) is 22.4 Å². The number of thiophene rings is 1. The lowest BCUT2D eigenvalue weighted by molar-refractivity contribution is -0.137. The number of carboxylic acid groups (broad SMARTS) is 1. The molecule has 22 heavy (non-hydrogen) atoms. The molecule has 0 aliphatic heterocycles. The monoisotopic (exact) mass is 403 g/mol. The van der Waals surface area contributed by atoms with E-state index < -0.39 is 16.0 Å². The second-order valence-electron chi connectivity index (χ2n) is 4.52. The van der Waals surface area contributed by atoms with Crippen molar-refractivity contribution in [2.75, 3.05) is 6.54 Å². The number of hydrogen-bond acceptors (Lipinski definition) is 4. The summed E-state index contributed by atoms with van der Waals surface area (Å²) in [6.07, 6.45) is -0.235. The molecule has 0 aliphatic rings. The molecule has 2 aromatic rings. The van der Waals surface area contributed by atoms with E-state index in [-0.39, 0.29) is 24.4 Å². The standard InChI is InChI=1S/C14H14BrNO4S2/c15-11-3-5-13(6-4-11)22(19,20)16(8-7-14(17)18)10-12-2-1-9-21-12/h1-6,9H,7-8,10H2,(H,17,18). The summed E-state index contributed by atoms with van der Waals surface area (Å²) in [6, 6.07) is 9.96. The lowest BCUT2D eigenvalue weighted by Gasteiger charge is -2.21. The van der Waals surface area contributed by atoms with Crippen LogP contribution < -0.4 is 0 Å². The lowest BCUT2D eigenvalue weighted by Crippen LogP contribution is -2.32. The third kappa shape index (κ3) is 4.39. The molecular weight excluding hydrogens is 390 g/mol. The van der Waals surface area contributed by atoms with Crippen LogP contribution in [0.15, 0.2) is 51.1 Å². The molecule has 0 amide bonds. The van der Waals surface area contributed by atoms with Gasteiger partial charge in [-0.15, -0.1) is 11.3 Å². The van der Waals surface area contributed by atoms with Crippen LogP contribution in [0.25, 0.3) is 0 Å². The number of sulfonamides is 1. The number of nitrogens with zero attached hydrogens (tertiary/aromatic N) is 1. The number of benzene rings is 1. The SMILES string of the molecule is O=C(O)CCN(Cc1cccs1)S(=O)(=O)c1ccc(Br)cc1. The van der Waals surface area contributed by atoms with Gasteiger partial charge < -0.3 is 5.11 Å². The van der Waals surface area contributed by atoms with E-state index in [2.05, 4.69) is 15.9 Å². The Balaban J connectivity index is 2.29. The van der Waals surface area contributed by atoms with Gasteiger partial charge in [-0.1, -0.05) is 22.0 Å². The highest BCUT2D eigenvalue weighted by atomic mass is 79.9. The van der Waals surface area contributed by atoms with Crippen LogP contribution in [0.5, 0.6) is 0 Å². The number of rotatable bonds is 7. The van der Waals surface area contributed by atoms with E-state index in [0.717, 1.165) is 9.35 Å². The minimum Gasteiger partial charge on any atom is -0.481 e. The Kier molecular flexibility index (Phi) is 5.74. The van der Waals surface area contributed by atoms with Crippen LogP contribution in [0.1, 0.15) is 11.3 Å². The average molecular weight is 404 g/mol. The molecule has 0 aliphatic carbocycles. The summed E-state index contributed by atoms with van der Waals surface area (Å²) in [5, 5.41) is 10.7. The van der Waals surface area contributed by atoms with Gasteiger partial charge in [0.15, 0.2) is 0 Å². The second-order valence-corrected chi connectivity index (χ2v) is 8.40. The molecule has 5 nitrogen and oxygen atoms in total. The first-order valence-corrected chi connectivity index (χ1v) is 9.51. The van der Waals surface area contributed by atoms with Crippen molar-refractivity contribution in [2.45, 2.75) is 17.9 Å². The van der Waals surface area contributed by atoms with Crippen LogP contribution in [0.4, 0.5) is 0 Å². The van der Waals surface area contributed by atoms with Crippen molar-refractivity contribution in [3.05, 3.63) is 51.1 Å². The highest BCUT2D eigenvalue weighted by Gasteiger charge is 2.25. The summed E-state index contributed by atoms with van der Waals surface area (Å²) < 4.78 is 27.4. The Morgan fingerprint density at radius 1 is 1.23 bits per heavy atom. The van der Waals surface area contributed by atoms with E-state index in [1.165, 1.54) is 27.8 Å².